The van der Waals surface area contributed by atoms with Crippen molar-refractivity contribution >= 4 is 45.6 Å². The van der Waals surface area contributed by atoms with Gasteiger partial charge in [-0.1, -0.05) is 64.5 Å². The summed E-state index contributed by atoms with van der Waals surface area (Å²) >= 11 is 3.38. The molecule has 37 heavy (non-hydrogen) atoms. The summed E-state index contributed by atoms with van der Waals surface area (Å²) in [6, 6.07) is 1.22. The first-order valence-corrected chi connectivity index (χ1v) is 13.4. The van der Waals surface area contributed by atoms with Crippen LogP contribution in [0.25, 0.3) is 5.65 Å². The highest BCUT2D eigenvalue weighted by atomic mass is 79.9. The van der Waals surface area contributed by atoms with Gasteiger partial charge in [-0.2, -0.15) is 9.61 Å². The van der Waals surface area contributed by atoms with Crippen molar-refractivity contribution in [3.63, 3.8) is 0 Å². The number of methoxy groups -OCH3 is 1. The average molecular weight is 583 g/mol. The van der Waals surface area contributed by atoms with Crippen molar-refractivity contribution < 1.29 is 14.3 Å². The normalized spacial score (nSPS) is 13.7. The Morgan fingerprint density at radius 2 is 1.84 bits per heavy atom. The lowest BCUT2D eigenvalue weighted by Crippen LogP contribution is -2.27. The number of hydrogen-bond acceptors (Lipinski definition) is 8. The van der Waals surface area contributed by atoms with Crippen molar-refractivity contribution in [2.75, 3.05) is 31.8 Å². The molecule has 2 aromatic rings. The molecule has 0 aromatic carbocycles. The first kappa shape index (κ1) is 34.1. The Balaban J connectivity index is 0.000000704. The van der Waals surface area contributed by atoms with E-state index in [9.17, 15) is 9.59 Å². The number of nitrogens with one attached hydrogen (secondary N) is 1. The van der Waals surface area contributed by atoms with Gasteiger partial charge in [-0.3, -0.25) is 9.59 Å². The summed E-state index contributed by atoms with van der Waals surface area (Å²) in [5, 5.41) is 7.50. The molecule has 0 saturated heterocycles. The van der Waals surface area contributed by atoms with Crippen LogP contribution in [-0.4, -0.2) is 58.6 Å². The number of allylic oxidation sites excluding steroid dienone is 1. The number of amides is 1. The van der Waals surface area contributed by atoms with Crippen LogP contribution >= 0.6 is 15.9 Å². The second kappa shape index (κ2) is 20.2. The van der Waals surface area contributed by atoms with Crippen molar-refractivity contribution in [2.24, 2.45) is 5.73 Å². The van der Waals surface area contributed by atoms with E-state index in [-0.39, 0.29) is 5.97 Å². The molecule has 1 amide bonds. The molecule has 1 saturated carbocycles. The van der Waals surface area contributed by atoms with Gasteiger partial charge in [0.25, 0.3) is 0 Å². The second-order valence-electron chi connectivity index (χ2n) is 8.06. The van der Waals surface area contributed by atoms with E-state index >= 15 is 0 Å². The van der Waals surface area contributed by atoms with E-state index < -0.39 is 6.04 Å². The van der Waals surface area contributed by atoms with Gasteiger partial charge in [-0.15, -0.1) is 0 Å². The van der Waals surface area contributed by atoms with E-state index in [0.717, 1.165) is 22.3 Å². The third kappa shape index (κ3) is 13.8. The van der Waals surface area contributed by atoms with Crippen LogP contribution in [0, 0.1) is 0 Å². The van der Waals surface area contributed by atoms with Gasteiger partial charge in [0.1, 0.15) is 17.7 Å². The number of aromatic nitrogens is 3. The molecule has 1 aliphatic carbocycles. The van der Waals surface area contributed by atoms with Gasteiger partial charge in [-0.25, -0.2) is 4.98 Å². The predicted octanol–water partition coefficient (Wildman–Crippen LogP) is 4.91. The van der Waals surface area contributed by atoms with Crippen LogP contribution in [0.15, 0.2) is 40.7 Å². The fourth-order valence-corrected chi connectivity index (χ4v) is 3.52. The molecule has 208 valence electrons. The number of fused-ring (bicyclic) bond motifs is 1. The van der Waals surface area contributed by atoms with E-state index in [2.05, 4.69) is 36.1 Å². The van der Waals surface area contributed by atoms with E-state index in [1.165, 1.54) is 50.5 Å². The molecule has 11 heteroatoms. The lowest BCUT2D eigenvalue weighted by molar-refractivity contribution is -0.141. The molecule has 2 heterocycles. The molecular formula is C26H44BrN7O3. The lowest BCUT2D eigenvalue weighted by atomic mass is 10.0. The van der Waals surface area contributed by atoms with Crippen molar-refractivity contribution in [1.82, 2.24) is 19.5 Å². The van der Waals surface area contributed by atoms with Crippen LogP contribution in [0.2, 0.25) is 0 Å². The molecule has 5 N–H and O–H groups in total. The molecule has 3 rings (SSSR count). The van der Waals surface area contributed by atoms with Crippen molar-refractivity contribution in [1.29, 1.82) is 0 Å². The Bertz CT molecular complexity index is 974. The van der Waals surface area contributed by atoms with Gasteiger partial charge in [0, 0.05) is 25.9 Å². The number of nitrogens with two attached hydrogens (primary N) is 2. The Kier molecular flexibility index (Phi) is 18.6. The zero-order valence-corrected chi connectivity index (χ0v) is 24.6. The maximum Gasteiger partial charge on any atom is 0.322 e. The lowest BCUT2D eigenvalue weighted by Gasteiger charge is -2.12. The number of nitrogens with zero attached hydrogens (tertiary/aromatic N) is 4. The predicted molar refractivity (Wildman–Crippen MR) is 155 cm³/mol. The third-order valence-electron chi connectivity index (χ3n) is 4.91. The van der Waals surface area contributed by atoms with Gasteiger partial charge >= 0.3 is 5.97 Å². The highest BCUT2D eigenvalue weighted by Crippen LogP contribution is 2.21. The molecular weight excluding hydrogens is 538 g/mol. The SMILES string of the molecule is C/C=C\C(=C/N(C)C=O)CNc1cc(N)nc2c(Br)cnn12.C1CCCCC1.CC.COC(=O)[C@H](C)N. The molecule has 0 aliphatic heterocycles. The molecule has 0 spiro atoms. The molecule has 0 unspecified atom stereocenters. The molecule has 1 fully saturated rings. The third-order valence-corrected chi connectivity index (χ3v) is 5.47. The number of halogens is 1. The van der Waals surface area contributed by atoms with Gasteiger partial charge in [0.15, 0.2) is 5.65 Å². The van der Waals surface area contributed by atoms with Crippen molar-refractivity contribution in [3.8, 4) is 0 Å². The molecule has 1 aliphatic rings. The fourth-order valence-electron chi connectivity index (χ4n) is 3.17. The van der Waals surface area contributed by atoms with E-state index in [1.54, 1.807) is 36.9 Å². The smallest absolute Gasteiger partial charge is 0.322 e. The van der Waals surface area contributed by atoms with Crippen LogP contribution in [0.1, 0.15) is 66.2 Å². The first-order chi connectivity index (χ1) is 17.7. The minimum atomic E-state index is -0.495. The van der Waals surface area contributed by atoms with Gasteiger partial charge in [0.05, 0.1) is 17.8 Å². The molecule has 0 radical (unpaired) electrons. The zero-order chi connectivity index (χ0) is 28.2. The minimum absolute atomic E-state index is 0.375. The Labute approximate surface area is 229 Å². The fraction of sp³-hybridized carbons (Fsp3) is 0.538. The number of nitrogen functional groups attached to an aromatic ring is 1. The second-order valence-corrected chi connectivity index (χ2v) is 8.91. The summed E-state index contributed by atoms with van der Waals surface area (Å²) < 4.78 is 6.68. The average Bonchev–Trinajstić information content (AvgIpc) is 3.29. The highest BCUT2D eigenvalue weighted by molar-refractivity contribution is 9.10. The summed E-state index contributed by atoms with van der Waals surface area (Å²) in [6.45, 7) is 8.01. The molecule has 1 atom stereocenters. The summed E-state index contributed by atoms with van der Waals surface area (Å²) in [4.78, 5) is 26.6. The van der Waals surface area contributed by atoms with E-state index in [1.807, 2.05) is 32.9 Å². The number of carbonyl (C=O) groups is 2. The summed E-state index contributed by atoms with van der Waals surface area (Å²) in [7, 11) is 3.00. The Morgan fingerprint density at radius 1 is 1.27 bits per heavy atom. The maximum absolute atomic E-state index is 10.7. The Hall–Kier alpha value is -2.92. The topological polar surface area (TPSA) is 141 Å². The highest BCUT2D eigenvalue weighted by Gasteiger charge is 2.09. The van der Waals surface area contributed by atoms with Gasteiger partial charge < -0.3 is 26.4 Å². The zero-order valence-electron chi connectivity index (χ0n) is 23.0. The molecule has 2 aromatic heterocycles. The quantitative estimate of drug-likeness (QED) is 0.238. The van der Waals surface area contributed by atoms with E-state index in [4.69, 9.17) is 11.5 Å². The number of rotatable bonds is 7. The van der Waals surface area contributed by atoms with Crippen LogP contribution in [0.4, 0.5) is 11.6 Å². The summed E-state index contributed by atoms with van der Waals surface area (Å²) in [6.07, 6.45) is 17.0. The van der Waals surface area contributed by atoms with Crippen LogP contribution in [0.5, 0.6) is 0 Å². The maximum atomic E-state index is 10.7. The van der Waals surface area contributed by atoms with Crippen LogP contribution < -0.4 is 16.8 Å². The number of hydrogen-bond donors (Lipinski definition) is 3. The van der Waals surface area contributed by atoms with E-state index in [0.29, 0.717) is 18.0 Å². The minimum Gasteiger partial charge on any atom is -0.468 e. The van der Waals surface area contributed by atoms with Crippen molar-refractivity contribution in [2.45, 2.75) is 72.3 Å². The molecule has 10 nitrogen and oxygen atoms in total. The molecule has 0 bridgehead atoms. The number of ether oxygens (including phenoxy) is 1. The number of esters is 1. The summed E-state index contributed by atoms with van der Waals surface area (Å²) in [5.74, 6) is 0.745. The van der Waals surface area contributed by atoms with Crippen LogP contribution in [0.3, 0.4) is 0 Å². The summed E-state index contributed by atoms with van der Waals surface area (Å²) in [5.41, 5.74) is 12.5. The standard InChI is InChI=1S/C14H17BrN6O.C6H12.C4H9NO2.C2H6/c1-3-4-10(8-20(2)9-22)6-17-13-5-12(16)19-14-11(15)7-18-21(13)14;1-2-4-6-5-3-1;1-3(5)4(6)7-2;1-2/h3-5,7-9,17H,6H2,1-2H3,(H2,16,19);1-6H2;3H,5H2,1-2H3;1-2H3/b4-3-,10-8+;;;/t;;3-;/m..0./s1. The first-order valence-electron chi connectivity index (χ1n) is 12.6. The largest absolute Gasteiger partial charge is 0.468 e. The van der Waals surface area contributed by atoms with Crippen molar-refractivity contribution in [3.05, 3.63) is 40.7 Å². The monoisotopic (exact) mass is 581 g/mol. The van der Waals surface area contributed by atoms with Gasteiger partial charge in [-0.05, 0) is 35.4 Å². The number of carbonyl (C=O) groups excluding carboxylic acids is 2. The Morgan fingerprint density at radius 3 is 2.27 bits per heavy atom. The number of anilines is 2. The van der Waals surface area contributed by atoms with Gasteiger partial charge in [0.2, 0.25) is 6.41 Å². The van der Waals surface area contributed by atoms with Crippen LogP contribution in [-0.2, 0) is 14.3 Å².